The highest BCUT2D eigenvalue weighted by atomic mass is 35.5. The van der Waals surface area contributed by atoms with Gasteiger partial charge in [0.25, 0.3) is 0 Å². The predicted octanol–water partition coefficient (Wildman–Crippen LogP) is 6.47. The lowest BCUT2D eigenvalue weighted by molar-refractivity contribution is -0.0352. The molecule has 0 radical (unpaired) electrons. The van der Waals surface area contributed by atoms with Gasteiger partial charge in [-0.3, -0.25) is 5.21 Å². The lowest BCUT2D eigenvalue weighted by Gasteiger charge is -2.32. The first-order chi connectivity index (χ1) is 16.5. The number of halogens is 1. The average molecular weight is 478 g/mol. The van der Waals surface area contributed by atoms with Gasteiger partial charge in [-0.1, -0.05) is 68.1 Å². The molecule has 0 aliphatic carbocycles. The summed E-state index contributed by atoms with van der Waals surface area (Å²) in [6.45, 7) is 2.15. The van der Waals surface area contributed by atoms with Crippen molar-refractivity contribution in [1.29, 1.82) is 0 Å². The molecular weight excluding hydrogens is 450 g/mol. The van der Waals surface area contributed by atoms with E-state index in [1.165, 1.54) is 6.07 Å². The van der Waals surface area contributed by atoms with Gasteiger partial charge in [0.05, 0.1) is 0 Å². The minimum Gasteiger partial charge on any atom is -0.508 e. The molecule has 4 rings (SSSR count). The Bertz CT molecular complexity index is 1190. The van der Waals surface area contributed by atoms with Gasteiger partial charge in [0.15, 0.2) is 5.84 Å². The molecule has 1 heterocycles. The molecule has 3 aromatic rings. The lowest BCUT2D eigenvalue weighted by Crippen LogP contribution is -2.39. The Balaban J connectivity index is 1.78. The highest BCUT2D eigenvalue weighted by Crippen LogP contribution is 2.38. The quantitative estimate of drug-likeness (QED) is 0.324. The summed E-state index contributed by atoms with van der Waals surface area (Å²) in [6.07, 6.45) is 4.91. The van der Waals surface area contributed by atoms with Gasteiger partial charge in [-0.2, -0.15) is 5.10 Å². The van der Waals surface area contributed by atoms with Crippen LogP contribution in [-0.4, -0.2) is 32.0 Å². The van der Waals surface area contributed by atoms with Crippen LogP contribution >= 0.6 is 11.6 Å². The Morgan fingerprint density at radius 2 is 1.59 bits per heavy atom. The number of rotatable bonds is 8. The van der Waals surface area contributed by atoms with Gasteiger partial charge in [0.1, 0.15) is 23.3 Å². The third-order valence-corrected chi connectivity index (χ3v) is 6.22. The summed E-state index contributed by atoms with van der Waals surface area (Å²) < 4.78 is 0. The van der Waals surface area contributed by atoms with Crippen molar-refractivity contribution in [3.8, 4) is 11.5 Å². The van der Waals surface area contributed by atoms with Gasteiger partial charge in [0.2, 0.25) is 0 Å². The lowest BCUT2D eigenvalue weighted by atomic mass is 9.92. The number of hydrogen-bond donors (Lipinski definition) is 3. The Kier molecular flexibility index (Phi) is 7.50. The number of nitrogens with zero attached hydrogens (tertiary/aromatic N) is 3. The van der Waals surface area contributed by atoms with Crippen molar-refractivity contribution < 1.29 is 15.4 Å². The zero-order chi connectivity index (χ0) is 24.1. The molecule has 1 aliphatic heterocycles. The maximum atomic E-state index is 11.4. The number of unbranched alkanes of at least 4 members (excludes halogenated alkanes) is 3. The zero-order valence-electron chi connectivity index (χ0n) is 19.0. The summed E-state index contributed by atoms with van der Waals surface area (Å²) in [5.74, 6) is 0.154. The van der Waals surface area contributed by atoms with Crippen molar-refractivity contribution in [2.45, 2.75) is 45.1 Å². The van der Waals surface area contributed by atoms with Crippen LogP contribution in [0, 0.1) is 0 Å². The first-order valence-corrected chi connectivity index (χ1v) is 11.9. The van der Waals surface area contributed by atoms with Crippen molar-refractivity contribution >= 4 is 23.1 Å². The second-order valence-electron chi connectivity index (χ2n) is 8.38. The molecule has 1 atom stereocenters. The van der Waals surface area contributed by atoms with Gasteiger partial charge in [-0.05, 0) is 48.7 Å². The van der Waals surface area contributed by atoms with Crippen LogP contribution in [0.25, 0.3) is 0 Å². The van der Waals surface area contributed by atoms with Crippen LogP contribution in [0.4, 0.5) is 0 Å². The summed E-state index contributed by atoms with van der Waals surface area (Å²) in [6, 6.07) is 18.6. The summed E-state index contributed by atoms with van der Waals surface area (Å²) in [5.41, 5.74) is 3.04. The third-order valence-electron chi connectivity index (χ3n) is 5.97. The molecule has 3 N–H and O–H groups in total. The van der Waals surface area contributed by atoms with E-state index < -0.39 is 6.04 Å². The second-order valence-corrected chi connectivity index (χ2v) is 8.82. The number of aryl methyl sites for hydroxylation is 1. The molecule has 3 aromatic carbocycles. The molecule has 176 valence electrons. The van der Waals surface area contributed by atoms with E-state index in [-0.39, 0.29) is 17.3 Å². The average Bonchev–Trinajstić information content (AvgIpc) is 2.84. The molecule has 1 aliphatic rings. The minimum atomic E-state index is -0.833. The van der Waals surface area contributed by atoms with Gasteiger partial charge >= 0.3 is 0 Å². The number of benzene rings is 3. The largest absolute Gasteiger partial charge is 0.508 e. The van der Waals surface area contributed by atoms with Crippen LogP contribution in [0.3, 0.4) is 0 Å². The number of hydroxylamine groups is 2. The van der Waals surface area contributed by atoms with Crippen molar-refractivity contribution in [2.75, 3.05) is 0 Å². The fraction of sp³-hybridized carbons (Fsp3) is 0.259. The normalized spacial score (nSPS) is 15.7. The third kappa shape index (κ3) is 5.08. The van der Waals surface area contributed by atoms with Crippen LogP contribution in [0.1, 0.15) is 60.9 Å². The van der Waals surface area contributed by atoms with Gasteiger partial charge in [0, 0.05) is 27.8 Å². The molecule has 34 heavy (non-hydrogen) atoms. The second kappa shape index (κ2) is 10.7. The van der Waals surface area contributed by atoms with Crippen molar-refractivity contribution in [2.24, 2.45) is 10.2 Å². The van der Waals surface area contributed by atoms with E-state index in [0.717, 1.165) is 41.9 Å². The number of hydrogen-bond acceptors (Lipinski definition) is 6. The van der Waals surface area contributed by atoms with E-state index in [4.69, 9.17) is 11.6 Å². The summed E-state index contributed by atoms with van der Waals surface area (Å²) in [4.78, 5) is 0. The zero-order valence-corrected chi connectivity index (χ0v) is 19.8. The maximum absolute atomic E-state index is 11.4. The summed E-state index contributed by atoms with van der Waals surface area (Å²) in [5, 5.41) is 43.0. The first kappa shape index (κ1) is 23.8. The molecule has 0 unspecified atom stereocenters. The van der Waals surface area contributed by atoms with Crippen LogP contribution in [0.15, 0.2) is 76.9 Å². The molecule has 0 saturated carbocycles. The number of aromatic hydroxyl groups is 2. The highest BCUT2D eigenvalue weighted by molar-refractivity contribution is 6.30. The first-order valence-electron chi connectivity index (χ1n) is 11.5. The SMILES string of the molecule is CCCCCCc1cc([C@H]2C(c3ccccc3)=NN=C(c3ccc(Cl)cc3)N2O)c(O)cc1O. The monoisotopic (exact) mass is 477 g/mol. The predicted molar refractivity (Wildman–Crippen MR) is 135 cm³/mol. The molecule has 0 saturated heterocycles. The smallest absolute Gasteiger partial charge is 0.182 e. The minimum absolute atomic E-state index is 0.0443. The molecule has 0 spiro atoms. The number of phenols is 2. The topological polar surface area (TPSA) is 88.7 Å². The van der Waals surface area contributed by atoms with E-state index in [0.29, 0.717) is 28.3 Å². The molecule has 0 aromatic heterocycles. The Hall–Kier alpha value is -3.35. The van der Waals surface area contributed by atoms with E-state index in [9.17, 15) is 15.4 Å². The maximum Gasteiger partial charge on any atom is 0.182 e. The van der Waals surface area contributed by atoms with Crippen molar-refractivity contribution in [3.63, 3.8) is 0 Å². The van der Waals surface area contributed by atoms with E-state index in [1.54, 1.807) is 30.3 Å². The number of phenolic OH excluding ortho intramolecular Hbond substituents is 2. The van der Waals surface area contributed by atoms with Crippen LogP contribution in [0.5, 0.6) is 11.5 Å². The summed E-state index contributed by atoms with van der Waals surface area (Å²) >= 11 is 6.03. The van der Waals surface area contributed by atoms with Gasteiger partial charge in [-0.15, -0.1) is 5.10 Å². The Morgan fingerprint density at radius 1 is 0.853 bits per heavy atom. The fourth-order valence-corrected chi connectivity index (χ4v) is 4.26. The highest BCUT2D eigenvalue weighted by Gasteiger charge is 2.35. The standard InChI is InChI=1S/C27H28ClN3O3/c1-2-3-4-6-11-20-16-22(24(33)17-23(20)32)26-25(18-9-7-5-8-10-18)29-30-27(31(26)34)19-12-14-21(28)15-13-19/h5,7-10,12-17,26,32-34H,2-4,6,11H2,1H3/t26-/m0/s1. The molecular formula is C27H28ClN3O3. The van der Waals surface area contributed by atoms with Gasteiger partial charge < -0.3 is 10.2 Å². The molecule has 0 bridgehead atoms. The van der Waals surface area contributed by atoms with E-state index in [2.05, 4.69) is 17.1 Å². The van der Waals surface area contributed by atoms with Gasteiger partial charge in [-0.25, -0.2) is 5.06 Å². The fourth-order valence-electron chi connectivity index (χ4n) is 4.13. The Morgan fingerprint density at radius 3 is 2.29 bits per heavy atom. The Labute approximate surface area is 204 Å². The van der Waals surface area contributed by atoms with Crippen LogP contribution < -0.4 is 0 Å². The molecule has 0 fully saturated rings. The summed E-state index contributed by atoms with van der Waals surface area (Å²) in [7, 11) is 0. The van der Waals surface area contributed by atoms with Crippen LogP contribution in [0.2, 0.25) is 5.02 Å². The van der Waals surface area contributed by atoms with E-state index in [1.807, 2.05) is 30.3 Å². The number of amidine groups is 1. The molecule has 7 heteroatoms. The van der Waals surface area contributed by atoms with Crippen molar-refractivity contribution in [1.82, 2.24) is 5.06 Å². The molecule has 0 amide bonds. The van der Waals surface area contributed by atoms with Crippen LogP contribution in [-0.2, 0) is 6.42 Å². The molecule has 6 nitrogen and oxygen atoms in total. The van der Waals surface area contributed by atoms with E-state index >= 15 is 0 Å². The van der Waals surface area contributed by atoms with Crippen molar-refractivity contribution in [3.05, 3.63) is 94.0 Å².